The summed E-state index contributed by atoms with van der Waals surface area (Å²) in [6, 6.07) is 20.3. The zero-order valence-electron chi connectivity index (χ0n) is 11.5. The molecule has 4 rings (SSSR count). The second-order valence-electron chi connectivity index (χ2n) is 5.15. The summed E-state index contributed by atoms with van der Waals surface area (Å²) in [5.74, 6) is 1.79. The Balaban J connectivity index is 1.82. The van der Waals surface area contributed by atoms with Crippen LogP contribution in [0.4, 0.5) is 0 Å². The Bertz CT molecular complexity index is 676. The molecule has 0 amide bonds. The van der Waals surface area contributed by atoms with Crippen molar-refractivity contribution in [2.24, 2.45) is 0 Å². The molecule has 1 atom stereocenters. The maximum atomic E-state index is 5.39. The summed E-state index contributed by atoms with van der Waals surface area (Å²) in [5.41, 5.74) is 2.15. The molecule has 2 heterocycles. The molecule has 1 unspecified atom stereocenters. The van der Waals surface area contributed by atoms with Crippen molar-refractivity contribution in [3.05, 3.63) is 60.7 Å². The lowest BCUT2D eigenvalue weighted by Gasteiger charge is -2.09. The van der Waals surface area contributed by atoms with Gasteiger partial charge in [-0.1, -0.05) is 60.7 Å². The molecule has 1 aliphatic heterocycles. The molecule has 0 spiro atoms. The third-order valence-electron chi connectivity index (χ3n) is 3.60. The smallest absolute Gasteiger partial charge is 0.164 e. The maximum Gasteiger partial charge on any atom is 0.164 e. The number of nitrogens with zero attached hydrogens (tertiary/aromatic N) is 3. The fourth-order valence-electron chi connectivity index (χ4n) is 2.45. The molecule has 0 aliphatic carbocycles. The average Bonchev–Trinajstić information content (AvgIpc) is 3.27. The molecule has 0 bridgehead atoms. The fraction of sp³-hybridized carbons (Fsp3) is 0.176. The summed E-state index contributed by atoms with van der Waals surface area (Å²) in [6.07, 6.45) is 0.283. The third-order valence-corrected chi connectivity index (χ3v) is 3.60. The number of hydrogen-bond acceptors (Lipinski definition) is 3. The van der Waals surface area contributed by atoms with Crippen molar-refractivity contribution in [2.45, 2.75) is 12.6 Å². The molecule has 1 fully saturated rings. The summed E-state index contributed by atoms with van der Waals surface area (Å²) in [5, 5.41) is 8.80. The SMILES string of the molecule is c1ccc(-c2nnc(-c3ccccc3)n2CC2CO2)cc1. The monoisotopic (exact) mass is 277 g/mol. The van der Waals surface area contributed by atoms with Crippen molar-refractivity contribution >= 4 is 0 Å². The molecule has 104 valence electrons. The van der Waals surface area contributed by atoms with Gasteiger partial charge in [0.2, 0.25) is 0 Å². The molecule has 3 aromatic rings. The van der Waals surface area contributed by atoms with E-state index in [1.807, 2.05) is 36.4 Å². The molecular formula is C17H15N3O. The van der Waals surface area contributed by atoms with Crippen molar-refractivity contribution in [3.8, 4) is 22.8 Å². The standard InChI is InChI=1S/C17H15N3O/c1-3-7-13(8-4-1)16-18-19-17(14-9-5-2-6-10-14)20(16)11-15-12-21-15/h1-10,15H,11-12H2. The van der Waals surface area contributed by atoms with Gasteiger partial charge in [-0.15, -0.1) is 10.2 Å². The van der Waals surface area contributed by atoms with E-state index in [-0.39, 0.29) is 6.10 Å². The van der Waals surface area contributed by atoms with Crippen molar-refractivity contribution in [2.75, 3.05) is 6.61 Å². The van der Waals surface area contributed by atoms with Crippen LogP contribution in [0.2, 0.25) is 0 Å². The number of ether oxygens (including phenoxy) is 1. The van der Waals surface area contributed by atoms with E-state index in [4.69, 9.17) is 4.74 Å². The Labute approximate surface area is 123 Å². The van der Waals surface area contributed by atoms with Crippen LogP contribution in [0.1, 0.15) is 0 Å². The van der Waals surface area contributed by atoms with E-state index in [0.717, 1.165) is 35.9 Å². The Morgan fingerprint density at radius 2 is 1.33 bits per heavy atom. The highest BCUT2D eigenvalue weighted by molar-refractivity contribution is 5.62. The van der Waals surface area contributed by atoms with Crippen LogP contribution in [-0.2, 0) is 11.3 Å². The van der Waals surface area contributed by atoms with Gasteiger partial charge in [0.1, 0.15) is 0 Å². The number of benzene rings is 2. The molecule has 1 aliphatic rings. The fourth-order valence-corrected chi connectivity index (χ4v) is 2.45. The molecule has 4 heteroatoms. The third kappa shape index (κ3) is 2.45. The minimum Gasteiger partial charge on any atom is -0.371 e. The first kappa shape index (κ1) is 12.3. The van der Waals surface area contributed by atoms with E-state index < -0.39 is 0 Å². The second kappa shape index (κ2) is 5.14. The molecule has 2 aromatic carbocycles. The second-order valence-corrected chi connectivity index (χ2v) is 5.15. The number of epoxide rings is 1. The van der Waals surface area contributed by atoms with Crippen molar-refractivity contribution < 1.29 is 4.74 Å². The van der Waals surface area contributed by atoms with E-state index in [9.17, 15) is 0 Å². The van der Waals surface area contributed by atoms with Gasteiger partial charge in [-0.3, -0.25) is 0 Å². The molecule has 21 heavy (non-hydrogen) atoms. The van der Waals surface area contributed by atoms with Crippen LogP contribution >= 0.6 is 0 Å². The van der Waals surface area contributed by atoms with Gasteiger partial charge in [-0.05, 0) is 0 Å². The van der Waals surface area contributed by atoms with Gasteiger partial charge in [-0.25, -0.2) is 0 Å². The van der Waals surface area contributed by atoms with E-state index in [0.29, 0.717) is 0 Å². The number of aromatic nitrogens is 3. The van der Waals surface area contributed by atoms with Gasteiger partial charge in [0.25, 0.3) is 0 Å². The van der Waals surface area contributed by atoms with Crippen molar-refractivity contribution in [1.82, 2.24) is 14.8 Å². The Morgan fingerprint density at radius 1 is 0.857 bits per heavy atom. The zero-order chi connectivity index (χ0) is 14.1. The predicted molar refractivity (Wildman–Crippen MR) is 80.6 cm³/mol. The van der Waals surface area contributed by atoms with E-state index >= 15 is 0 Å². The van der Waals surface area contributed by atoms with Gasteiger partial charge >= 0.3 is 0 Å². The largest absolute Gasteiger partial charge is 0.371 e. The van der Waals surface area contributed by atoms with Crippen LogP contribution in [-0.4, -0.2) is 27.5 Å². The first-order chi connectivity index (χ1) is 10.4. The lowest BCUT2D eigenvalue weighted by molar-refractivity contribution is 0.384. The first-order valence-electron chi connectivity index (χ1n) is 7.07. The molecule has 4 nitrogen and oxygen atoms in total. The Kier molecular flexibility index (Phi) is 3.01. The van der Waals surface area contributed by atoms with Gasteiger partial charge in [0.05, 0.1) is 19.3 Å². The summed E-state index contributed by atoms with van der Waals surface area (Å²) in [6.45, 7) is 1.61. The molecular weight excluding hydrogens is 262 g/mol. The highest BCUT2D eigenvalue weighted by atomic mass is 16.6. The molecule has 0 radical (unpaired) electrons. The summed E-state index contributed by atoms with van der Waals surface area (Å²) >= 11 is 0. The van der Waals surface area contributed by atoms with E-state index in [1.54, 1.807) is 0 Å². The van der Waals surface area contributed by atoms with Crippen LogP contribution in [0.5, 0.6) is 0 Å². The van der Waals surface area contributed by atoms with Crippen LogP contribution in [0.3, 0.4) is 0 Å². The average molecular weight is 277 g/mol. The summed E-state index contributed by atoms with van der Waals surface area (Å²) in [7, 11) is 0. The Hall–Kier alpha value is -2.46. The predicted octanol–water partition coefficient (Wildman–Crippen LogP) is 3.01. The van der Waals surface area contributed by atoms with E-state index in [2.05, 4.69) is 39.0 Å². The summed E-state index contributed by atoms with van der Waals surface area (Å²) < 4.78 is 7.54. The Morgan fingerprint density at radius 3 is 1.76 bits per heavy atom. The minimum absolute atomic E-state index is 0.283. The quantitative estimate of drug-likeness (QED) is 0.688. The molecule has 0 N–H and O–H groups in total. The zero-order valence-corrected chi connectivity index (χ0v) is 11.5. The van der Waals surface area contributed by atoms with Crippen LogP contribution in [0.25, 0.3) is 22.8 Å². The highest BCUT2D eigenvalue weighted by Gasteiger charge is 2.26. The first-order valence-corrected chi connectivity index (χ1v) is 7.07. The minimum atomic E-state index is 0.283. The lowest BCUT2D eigenvalue weighted by Crippen LogP contribution is -2.07. The van der Waals surface area contributed by atoms with Crippen LogP contribution in [0, 0.1) is 0 Å². The van der Waals surface area contributed by atoms with Crippen molar-refractivity contribution in [1.29, 1.82) is 0 Å². The van der Waals surface area contributed by atoms with Crippen LogP contribution < -0.4 is 0 Å². The van der Waals surface area contributed by atoms with E-state index in [1.165, 1.54) is 0 Å². The maximum absolute atomic E-state index is 5.39. The topological polar surface area (TPSA) is 43.2 Å². The van der Waals surface area contributed by atoms with Gasteiger partial charge < -0.3 is 9.30 Å². The molecule has 1 saturated heterocycles. The van der Waals surface area contributed by atoms with Gasteiger partial charge in [0, 0.05) is 11.1 Å². The van der Waals surface area contributed by atoms with Crippen molar-refractivity contribution in [3.63, 3.8) is 0 Å². The number of hydrogen-bond donors (Lipinski definition) is 0. The lowest BCUT2D eigenvalue weighted by atomic mass is 10.2. The van der Waals surface area contributed by atoms with Gasteiger partial charge in [-0.2, -0.15) is 0 Å². The van der Waals surface area contributed by atoms with Gasteiger partial charge in [0.15, 0.2) is 11.6 Å². The molecule has 1 aromatic heterocycles. The summed E-state index contributed by atoms with van der Waals surface area (Å²) in [4.78, 5) is 0. The highest BCUT2D eigenvalue weighted by Crippen LogP contribution is 2.26. The molecule has 0 saturated carbocycles. The normalized spacial score (nSPS) is 16.9. The van der Waals surface area contributed by atoms with Crippen LogP contribution in [0.15, 0.2) is 60.7 Å². The number of rotatable bonds is 4.